The van der Waals surface area contributed by atoms with E-state index in [1.165, 1.54) is 30.5 Å². The largest absolute Gasteiger partial charge is 0.416 e. The quantitative estimate of drug-likeness (QED) is 0.634. The van der Waals surface area contributed by atoms with Crippen LogP contribution in [0.25, 0.3) is 6.08 Å². The van der Waals surface area contributed by atoms with E-state index >= 15 is 0 Å². The molecule has 1 aromatic heterocycles. The second-order valence-corrected chi connectivity index (χ2v) is 4.40. The van der Waals surface area contributed by atoms with Gasteiger partial charge in [-0.2, -0.15) is 18.3 Å². The molecule has 0 radical (unpaired) electrons. The number of hydrogen-bond acceptors (Lipinski definition) is 2. The lowest BCUT2D eigenvalue weighted by molar-refractivity contribution is -0.137. The van der Waals surface area contributed by atoms with Crippen molar-refractivity contribution in [3.8, 4) is 0 Å². The Hall–Kier alpha value is -2.37. The fourth-order valence-corrected chi connectivity index (χ4v) is 1.72. The van der Waals surface area contributed by atoms with E-state index in [-0.39, 0.29) is 5.78 Å². The Morgan fingerprint density at radius 1 is 1.29 bits per heavy atom. The van der Waals surface area contributed by atoms with Crippen molar-refractivity contribution in [1.29, 1.82) is 0 Å². The molecule has 2 rings (SSSR count). The highest BCUT2D eigenvalue weighted by Gasteiger charge is 2.29. The summed E-state index contributed by atoms with van der Waals surface area (Å²) in [4.78, 5) is 11.9. The molecule has 21 heavy (non-hydrogen) atoms. The summed E-state index contributed by atoms with van der Waals surface area (Å²) in [5.41, 5.74) is 0.259. The number of rotatable bonds is 4. The summed E-state index contributed by atoms with van der Waals surface area (Å²) in [5, 5.41) is 3.99. The third-order valence-electron chi connectivity index (χ3n) is 2.91. The van der Waals surface area contributed by atoms with Crippen molar-refractivity contribution in [1.82, 2.24) is 9.78 Å². The predicted molar refractivity (Wildman–Crippen MR) is 72.7 cm³/mol. The Bertz CT molecular complexity index is 654. The van der Waals surface area contributed by atoms with Crippen LogP contribution in [0.1, 0.15) is 28.4 Å². The minimum absolute atomic E-state index is 0.241. The summed E-state index contributed by atoms with van der Waals surface area (Å²) in [5.74, 6) is -0.241. The number of alkyl halides is 3. The van der Waals surface area contributed by atoms with Gasteiger partial charge >= 0.3 is 6.18 Å². The lowest BCUT2D eigenvalue weighted by atomic mass is 10.1. The summed E-state index contributed by atoms with van der Waals surface area (Å²) in [6.07, 6.45) is 1.53. The number of aromatic nitrogens is 2. The average molecular weight is 294 g/mol. The van der Waals surface area contributed by atoms with Gasteiger partial charge < -0.3 is 0 Å². The van der Waals surface area contributed by atoms with Crippen LogP contribution in [0.5, 0.6) is 0 Å². The summed E-state index contributed by atoms with van der Waals surface area (Å²) in [6.45, 7) is 2.56. The number of hydrogen-bond donors (Lipinski definition) is 0. The highest BCUT2D eigenvalue weighted by molar-refractivity contribution is 6.06. The van der Waals surface area contributed by atoms with Crippen molar-refractivity contribution >= 4 is 11.9 Å². The van der Waals surface area contributed by atoms with Gasteiger partial charge in [0.2, 0.25) is 0 Å². The molecular weight excluding hydrogens is 281 g/mol. The van der Waals surface area contributed by atoms with Gasteiger partial charge in [-0.1, -0.05) is 18.2 Å². The van der Waals surface area contributed by atoms with Gasteiger partial charge in [0.25, 0.3) is 0 Å². The Morgan fingerprint density at radius 2 is 1.95 bits per heavy atom. The first-order valence-corrected chi connectivity index (χ1v) is 6.32. The fraction of sp³-hybridized carbons (Fsp3) is 0.200. The molecule has 1 heterocycles. The molecule has 0 fully saturated rings. The summed E-state index contributed by atoms with van der Waals surface area (Å²) in [6, 6.07) is 4.61. The Labute approximate surface area is 119 Å². The van der Waals surface area contributed by atoms with E-state index in [1.807, 2.05) is 6.92 Å². The number of halogens is 3. The van der Waals surface area contributed by atoms with Gasteiger partial charge in [0.05, 0.1) is 17.3 Å². The maximum Gasteiger partial charge on any atom is 0.416 e. The SMILES string of the molecule is CCn1cc(C(=O)/C=C/c2ccc(C(F)(F)F)cc2)cn1. The molecule has 0 aliphatic rings. The van der Waals surface area contributed by atoms with E-state index in [4.69, 9.17) is 0 Å². The number of carbonyl (C=O) groups excluding carboxylic acids is 1. The van der Waals surface area contributed by atoms with E-state index < -0.39 is 11.7 Å². The maximum atomic E-state index is 12.4. The number of allylic oxidation sites excluding steroid dienone is 1. The van der Waals surface area contributed by atoms with Crippen LogP contribution < -0.4 is 0 Å². The lowest BCUT2D eigenvalue weighted by Gasteiger charge is -2.05. The number of carbonyl (C=O) groups is 1. The van der Waals surface area contributed by atoms with E-state index in [2.05, 4.69) is 5.10 Å². The van der Waals surface area contributed by atoms with Crippen LogP contribution in [0.2, 0.25) is 0 Å². The highest BCUT2D eigenvalue weighted by atomic mass is 19.4. The van der Waals surface area contributed by atoms with Crippen molar-refractivity contribution in [2.75, 3.05) is 0 Å². The van der Waals surface area contributed by atoms with Gasteiger partial charge in [0.15, 0.2) is 5.78 Å². The van der Waals surface area contributed by atoms with Crippen molar-refractivity contribution < 1.29 is 18.0 Å². The molecule has 0 atom stereocenters. The zero-order valence-corrected chi connectivity index (χ0v) is 11.3. The van der Waals surface area contributed by atoms with Crippen LogP contribution in [0.4, 0.5) is 13.2 Å². The molecule has 0 spiro atoms. The minimum Gasteiger partial charge on any atom is -0.289 e. The number of nitrogens with zero attached hydrogens (tertiary/aromatic N) is 2. The zero-order chi connectivity index (χ0) is 15.5. The molecule has 0 saturated heterocycles. The predicted octanol–water partition coefficient (Wildman–Crippen LogP) is 3.82. The minimum atomic E-state index is -4.35. The van der Waals surface area contributed by atoms with Crippen LogP contribution in [0.15, 0.2) is 42.7 Å². The second kappa shape index (κ2) is 5.95. The van der Waals surface area contributed by atoms with Gasteiger partial charge in [-0.15, -0.1) is 0 Å². The maximum absolute atomic E-state index is 12.4. The van der Waals surface area contributed by atoms with Crippen LogP contribution in [-0.4, -0.2) is 15.6 Å². The van der Waals surface area contributed by atoms with Gasteiger partial charge in [-0.05, 0) is 30.7 Å². The van der Waals surface area contributed by atoms with Crippen LogP contribution >= 0.6 is 0 Å². The second-order valence-electron chi connectivity index (χ2n) is 4.40. The van der Waals surface area contributed by atoms with E-state index in [9.17, 15) is 18.0 Å². The Balaban J connectivity index is 2.08. The number of aryl methyl sites for hydroxylation is 1. The fourth-order valence-electron chi connectivity index (χ4n) is 1.72. The van der Waals surface area contributed by atoms with Gasteiger partial charge in [-0.25, -0.2) is 0 Å². The molecule has 0 saturated carbocycles. The topological polar surface area (TPSA) is 34.9 Å². The normalized spacial score (nSPS) is 12.0. The molecule has 0 amide bonds. The van der Waals surface area contributed by atoms with Gasteiger partial charge in [-0.3, -0.25) is 9.48 Å². The highest BCUT2D eigenvalue weighted by Crippen LogP contribution is 2.29. The third kappa shape index (κ3) is 3.81. The lowest BCUT2D eigenvalue weighted by Crippen LogP contribution is -2.04. The zero-order valence-electron chi connectivity index (χ0n) is 11.3. The number of benzene rings is 1. The molecule has 0 N–H and O–H groups in total. The molecule has 1 aromatic carbocycles. The Morgan fingerprint density at radius 3 is 2.48 bits per heavy atom. The van der Waals surface area contributed by atoms with Crippen LogP contribution in [0, 0.1) is 0 Å². The average Bonchev–Trinajstić information content (AvgIpc) is 2.93. The summed E-state index contributed by atoms with van der Waals surface area (Å²) in [7, 11) is 0. The van der Waals surface area contributed by atoms with E-state index in [1.54, 1.807) is 10.9 Å². The van der Waals surface area contributed by atoms with Crippen molar-refractivity contribution in [2.45, 2.75) is 19.6 Å². The third-order valence-corrected chi connectivity index (χ3v) is 2.91. The van der Waals surface area contributed by atoms with E-state index in [0.717, 1.165) is 12.1 Å². The molecule has 0 bridgehead atoms. The van der Waals surface area contributed by atoms with E-state index in [0.29, 0.717) is 17.7 Å². The molecule has 3 nitrogen and oxygen atoms in total. The standard InChI is InChI=1S/C15H13F3N2O/c1-2-20-10-12(9-19-20)14(21)8-5-11-3-6-13(7-4-11)15(16,17)18/h3-10H,2H2,1H3/b8-5+. The molecule has 6 heteroatoms. The molecular formula is C15H13F3N2O. The summed E-state index contributed by atoms with van der Waals surface area (Å²) < 4.78 is 38.9. The monoisotopic (exact) mass is 294 g/mol. The molecule has 2 aromatic rings. The van der Waals surface area contributed by atoms with Gasteiger partial charge in [0, 0.05) is 12.7 Å². The molecule has 110 valence electrons. The van der Waals surface area contributed by atoms with Crippen LogP contribution in [0.3, 0.4) is 0 Å². The first kappa shape index (κ1) is 15.0. The summed E-state index contributed by atoms with van der Waals surface area (Å²) >= 11 is 0. The van der Waals surface area contributed by atoms with Gasteiger partial charge in [0.1, 0.15) is 0 Å². The first-order chi connectivity index (χ1) is 9.90. The molecule has 0 unspecified atom stereocenters. The Kier molecular flexibility index (Phi) is 4.26. The molecule has 0 aliphatic heterocycles. The van der Waals surface area contributed by atoms with Crippen molar-refractivity contribution in [3.05, 3.63) is 59.4 Å². The first-order valence-electron chi connectivity index (χ1n) is 6.32. The van der Waals surface area contributed by atoms with Crippen LogP contribution in [-0.2, 0) is 12.7 Å². The van der Waals surface area contributed by atoms with Crippen molar-refractivity contribution in [3.63, 3.8) is 0 Å². The smallest absolute Gasteiger partial charge is 0.289 e. The van der Waals surface area contributed by atoms with Crippen molar-refractivity contribution in [2.24, 2.45) is 0 Å². The number of ketones is 1. The molecule has 0 aliphatic carbocycles.